The van der Waals surface area contributed by atoms with Crippen molar-refractivity contribution in [1.82, 2.24) is 10.2 Å². The Morgan fingerprint density at radius 1 is 1.64 bits per heavy atom. The minimum atomic E-state index is 0.627. The molecule has 1 heterocycles. The van der Waals surface area contributed by atoms with E-state index in [0.717, 1.165) is 12.2 Å². The van der Waals surface area contributed by atoms with E-state index in [-0.39, 0.29) is 0 Å². The molecule has 1 aromatic rings. The van der Waals surface area contributed by atoms with Crippen LogP contribution >= 0.6 is 11.8 Å². The van der Waals surface area contributed by atoms with Crippen LogP contribution in [0.25, 0.3) is 0 Å². The molecule has 0 fully saturated rings. The molecule has 0 radical (unpaired) electrons. The molecule has 0 aliphatic carbocycles. The van der Waals surface area contributed by atoms with Gasteiger partial charge in [0, 0.05) is 12.2 Å². The van der Waals surface area contributed by atoms with Crippen molar-refractivity contribution in [3.05, 3.63) is 18.5 Å². The van der Waals surface area contributed by atoms with Gasteiger partial charge in [-0.3, -0.25) is 0 Å². The molecule has 0 bridgehead atoms. The number of hydrogen-bond donors (Lipinski definition) is 0. The molecule has 0 saturated heterocycles. The zero-order chi connectivity index (χ0) is 8.10. The molecule has 0 aromatic carbocycles. The normalized spacial score (nSPS) is 9.91. The summed E-state index contributed by atoms with van der Waals surface area (Å²) in [5.74, 6) is 1.50. The highest BCUT2D eigenvalue weighted by atomic mass is 32.2. The molecule has 0 atom stereocenters. The van der Waals surface area contributed by atoms with Crippen LogP contribution < -0.4 is 0 Å². The minimum absolute atomic E-state index is 0.627. The Morgan fingerprint density at radius 3 is 3.00 bits per heavy atom. The van der Waals surface area contributed by atoms with Gasteiger partial charge < -0.3 is 4.42 Å². The SMILES string of the molecule is C=CCSc1nnc(CC)o1. The van der Waals surface area contributed by atoms with Crippen molar-refractivity contribution < 1.29 is 4.42 Å². The summed E-state index contributed by atoms with van der Waals surface area (Å²) in [6.45, 7) is 5.57. The fourth-order valence-corrected chi connectivity index (χ4v) is 1.08. The van der Waals surface area contributed by atoms with Gasteiger partial charge in [-0.1, -0.05) is 24.8 Å². The number of thioether (sulfide) groups is 1. The fourth-order valence-electron chi connectivity index (χ4n) is 0.570. The van der Waals surface area contributed by atoms with Crippen molar-refractivity contribution >= 4 is 11.8 Å². The van der Waals surface area contributed by atoms with Crippen LogP contribution in [0.1, 0.15) is 12.8 Å². The van der Waals surface area contributed by atoms with Gasteiger partial charge in [0.25, 0.3) is 5.22 Å². The number of aromatic nitrogens is 2. The standard InChI is InChI=1S/C7H10N2OS/c1-3-5-11-7-9-8-6(4-2)10-7/h3H,1,4-5H2,2H3. The van der Waals surface area contributed by atoms with E-state index in [2.05, 4.69) is 16.8 Å². The van der Waals surface area contributed by atoms with E-state index >= 15 is 0 Å². The summed E-state index contributed by atoms with van der Waals surface area (Å²) in [5.41, 5.74) is 0. The Morgan fingerprint density at radius 2 is 2.45 bits per heavy atom. The van der Waals surface area contributed by atoms with Crippen molar-refractivity contribution in [2.45, 2.75) is 18.6 Å². The second-order valence-electron chi connectivity index (χ2n) is 1.91. The fraction of sp³-hybridized carbons (Fsp3) is 0.429. The first-order valence-electron chi connectivity index (χ1n) is 3.43. The summed E-state index contributed by atoms with van der Waals surface area (Å²) in [6, 6.07) is 0. The lowest BCUT2D eigenvalue weighted by Crippen LogP contribution is -1.76. The van der Waals surface area contributed by atoms with Crippen LogP contribution in [0.5, 0.6) is 0 Å². The van der Waals surface area contributed by atoms with Gasteiger partial charge in [0.05, 0.1) is 0 Å². The lowest BCUT2D eigenvalue weighted by molar-refractivity contribution is 0.417. The van der Waals surface area contributed by atoms with Crippen LogP contribution in [-0.2, 0) is 6.42 Å². The van der Waals surface area contributed by atoms with Crippen LogP contribution in [0, 0.1) is 0 Å². The molecule has 60 valence electrons. The lowest BCUT2D eigenvalue weighted by atomic mass is 10.5. The van der Waals surface area contributed by atoms with E-state index in [1.807, 2.05) is 6.92 Å². The first-order valence-corrected chi connectivity index (χ1v) is 4.41. The van der Waals surface area contributed by atoms with E-state index in [4.69, 9.17) is 4.42 Å². The molecule has 11 heavy (non-hydrogen) atoms. The largest absolute Gasteiger partial charge is 0.416 e. The molecular weight excluding hydrogens is 160 g/mol. The molecule has 4 heteroatoms. The Labute approximate surface area is 69.9 Å². The van der Waals surface area contributed by atoms with Gasteiger partial charge in [0.15, 0.2) is 0 Å². The van der Waals surface area contributed by atoms with Crippen LogP contribution in [-0.4, -0.2) is 16.0 Å². The maximum atomic E-state index is 5.23. The molecule has 0 N–H and O–H groups in total. The second kappa shape index (κ2) is 4.18. The van der Waals surface area contributed by atoms with Crippen molar-refractivity contribution in [2.75, 3.05) is 5.75 Å². The average Bonchev–Trinajstić information content (AvgIpc) is 2.48. The highest BCUT2D eigenvalue weighted by molar-refractivity contribution is 7.99. The maximum absolute atomic E-state index is 5.23. The van der Waals surface area contributed by atoms with E-state index < -0.39 is 0 Å². The maximum Gasteiger partial charge on any atom is 0.276 e. The average molecular weight is 170 g/mol. The van der Waals surface area contributed by atoms with Gasteiger partial charge in [-0.2, -0.15) is 0 Å². The Bertz CT molecular complexity index is 234. The second-order valence-corrected chi connectivity index (χ2v) is 2.89. The van der Waals surface area contributed by atoms with Crippen LogP contribution in [0.2, 0.25) is 0 Å². The summed E-state index contributed by atoms with van der Waals surface area (Å²) >= 11 is 1.50. The van der Waals surface area contributed by atoms with Gasteiger partial charge in [0.2, 0.25) is 5.89 Å². The first kappa shape index (κ1) is 8.33. The highest BCUT2D eigenvalue weighted by Crippen LogP contribution is 2.15. The third-order valence-electron chi connectivity index (χ3n) is 1.08. The van der Waals surface area contributed by atoms with Gasteiger partial charge in [-0.25, -0.2) is 0 Å². The summed E-state index contributed by atoms with van der Waals surface area (Å²) in [4.78, 5) is 0. The van der Waals surface area contributed by atoms with Crippen molar-refractivity contribution in [2.24, 2.45) is 0 Å². The third kappa shape index (κ3) is 2.38. The third-order valence-corrected chi connectivity index (χ3v) is 1.89. The quantitative estimate of drug-likeness (QED) is 0.511. The van der Waals surface area contributed by atoms with E-state index in [1.165, 1.54) is 11.8 Å². The molecular formula is C7H10N2OS. The van der Waals surface area contributed by atoms with E-state index in [0.29, 0.717) is 11.1 Å². The number of rotatable bonds is 4. The van der Waals surface area contributed by atoms with Gasteiger partial charge in [-0.05, 0) is 0 Å². The first-order chi connectivity index (χ1) is 5.36. The number of nitrogens with zero attached hydrogens (tertiary/aromatic N) is 2. The number of hydrogen-bond acceptors (Lipinski definition) is 4. The van der Waals surface area contributed by atoms with Gasteiger partial charge in [0.1, 0.15) is 0 Å². The summed E-state index contributed by atoms with van der Waals surface area (Å²) in [5, 5.41) is 8.27. The van der Waals surface area contributed by atoms with Crippen molar-refractivity contribution in [3.8, 4) is 0 Å². The van der Waals surface area contributed by atoms with E-state index in [1.54, 1.807) is 6.08 Å². The molecule has 0 unspecified atom stereocenters. The Kier molecular flexibility index (Phi) is 3.16. The monoisotopic (exact) mass is 170 g/mol. The zero-order valence-electron chi connectivity index (χ0n) is 6.41. The predicted molar refractivity (Wildman–Crippen MR) is 44.6 cm³/mol. The van der Waals surface area contributed by atoms with Gasteiger partial charge in [-0.15, -0.1) is 16.8 Å². The molecule has 0 saturated carbocycles. The Balaban J connectivity index is 2.50. The molecule has 0 amide bonds. The molecule has 1 aromatic heterocycles. The highest BCUT2D eigenvalue weighted by Gasteiger charge is 2.01. The zero-order valence-corrected chi connectivity index (χ0v) is 7.23. The molecule has 0 spiro atoms. The lowest BCUT2D eigenvalue weighted by Gasteiger charge is -1.86. The molecule has 1 rings (SSSR count). The smallest absolute Gasteiger partial charge is 0.276 e. The molecule has 3 nitrogen and oxygen atoms in total. The molecule has 0 aliphatic rings. The van der Waals surface area contributed by atoms with Crippen molar-refractivity contribution in [3.63, 3.8) is 0 Å². The number of aryl methyl sites for hydroxylation is 1. The summed E-state index contributed by atoms with van der Waals surface area (Å²) < 4.78 is 5.23. The van der Waals surface area contributed by atoms with Crippen LogP contribution in [0.3, 0.4) is 0 Å². The summed E-state index contributed by atoms with van der Waals surface area (Å²) in [7, 11) is 0. The Hall–Kier alpha value is -0.770. The van der Waals surface area contributed by atoms with Crippen LogP contribution in [0.15, 0.2) is 22.3 Å². The topological polar surface area (TPSA) is 38.9 Å². The molecule has 0 aliphatic heterocycles. The van der Waals surface area contributed by atoms with E-state index in [9.17, 15) is 0 Å². The minimum Gasteiger partial charge on any atom is -0.416 e. The predicted octanol–water partition coefficient (Wildman–Crippen LogP) is 1.91. The van der Waals surface area contributed by atoms with Crippen molar-refractivity contribution in [1.29, 1.82) is 0 Å². The summed E-state index contributed by atoms with van der Waals surface area (Å²) in [6.07, 6.45) is 2.60. The van der Waals surface area contributed by atoms with Gasteiger partial charge >= 0.3 is 0 Å². The van der Waals surface area contributed by atoms with Crippen LogP contribution in [0.4, 0.5) is 0 Å².